The van der Waals surface area contributed by atoms with E-state index < -0.39 is 23.7 Å². The SMILES string of the molecule is CCOc1ccc(-c2c(C)sc(NC(=O)c3ccc(N4C(=O)c5ccccc5C4=O)cc3)c2C(=O)OC)cc1. The van der Waals surface area contributed by atoms with Gasteiger partial charge in [-0.25, -0.2) is 9.69 Å². The van der Waals surface area contributed by atoms with E-state index in [0.717, 1.165) is 15.3 Å². The molecule has 3 amide bonds. The molecule has 39 heavy (non-hydrogen) atoms. The number of fused-ring (bicyclic) bond motifs is 1. The fourth-order valence-corrected chi connectivity index (χ4v) is 5.58. The van der Waals surface area contributed by atoms with Gasteiger partial charge in [0.15, 0.2) is 0 Å². The molecular formula is C30H24N2O6S. The highest BCUT2D eigenvalue weighted by Crippen LogP contribution is 2.41. The molecule has 0 atom stereocenters. The smallest absolute Gasteiger partial charge is 0.341 e. The van der Waals surface area contributed by atoms with Crippen molar-refractivity contribution in [2.24, 2.45) is 0 Å². The number of anilines is 2. The number of carbonyl (C=O) groups is 4. The van der Waals surface area contributed by atoms with Crippen LogP contribution in [0.1, 0.15) is 53.2 Å². The van der Waals surface area contributed by atoms with Gasteiger partial charge in [-0.3, -0.25) is 14.4 Å². The molecule has 0 aliphatic carbocycles. The standard InChI is InChI=1S/C30H24N2O6S/c1-4-38-21-15-11-18(12-16-21)24-17(2)39-27(25(24)30(36)37-3)31-26(33)19-9-13-20(14-10-19)32-28(34)22-7-5-6-8-23(22)29(32)35/h5-16H,4H2,1-3H3,(H,31,33). The summed E-state index contributed by atoms with van der Waals surface area (Å²) in [6, 6.07) is 20.1. The average Bonchev–Trinajstić information content (AvgIpc) is 3.41. The first-order valence-electron chi connectivity index (χ1n) is 12.2. The van der Waals surface area contributed by atoms with Crippen molar-refractivity contribution in [3.05, 3.63) is 99.9 Å². The highest BCUT2D eigenvalue weighted by atomic mass is 32.1. The number of esters is 1. The first-order valence-corrected chi connectivity index (χ1v) is 13.0. The normalized spacial score (nSPS) is 12.3. The Balaban J connectivity index is 1.41. The van der Waals surface area contributed by atoms with E-state index in [1.165, 1.54) is 30.6 Å². The van der Waals surface area contributed by atoms with E-state index in [9.17, 15) is 19.2 Å². The number of carbonyl (C=O) groups excluding carboxylic acids is 4. The summed E-state index contributed by atoms with van der Waals surface area (Å²) < 4.78 is 10.6. The second-order valence-electron chi connectivity index (χ2n) is 8.68. The molecule has 0 spiro atoms. The predicted molar refractivity (Wildman–Crippen MR) is 149 cm³/mol. The maximum atomic E-state index is 13.2. The molecule has 2 heterocycles. The summed E-state index contributed by atoms with van der Waals surface area (Å²) in [5.41, 5.74) is 3.06. The van der Waals surface area contributed by atoms with Gasteiger partial charge in [0.25, 0.3) is 17.7 Å². The van der Waals surface area contributed by atoms with Crippen LogP contribution in [-0.4, -0.2) is 37.4 Å². The Kier molecular flexibility index (Phi) is 7.00. The van der Waals surface area contributed by atoms with Crippen molar-refractivity contribution in [1.82, 2.24) is 0 Å². The Morgan fingerprint density at radius 3 is 2.08 bits per heavy atom. The van der Waals surface area contributed by atoms with Crippen molar-refractivity contribution in [3.63, 3.8) is 0 Å². The maximum absolute atomic E-state index is 13.2. The molecule has 0 saturated heterocycles. The van der Waals surface area contributed by atoms with E-state index in [1.54, 1.807) is 36.4 Å². The Bertz CT molecular complexity index is 1570. The van der Waals surface area contributed by atoms with Gasteiger partial charge >= 0.3 is 5.97 Å². The number of methoxy groups -OCH3 is 1. The Labute approximate surface area is 228 Å². The molecule has 1 N–H and O–H groups in total. The number of amides is 3. The number of aryl methyl sites for hydroxylation is 1. The molecule has 196 valence electrons. The molecular weight excluding hydrogens is 516 g/mol. The van der Waals surface area contributed by atoms with Crippen molar-refractivity contribution in [2.75, 3.05) is 23.9 Å². The Morgan fingerprint density at radius 1 is 0.897 bits per heavy atom. The van der Waals surface area contributed by atoms with Crippen LogP contribution >= 0.6 is 11.3 Å². The third-order valence-electron chi connectivity index (χ3n) is 6.34. The molecule has 9 heteroatoms. The van der Waals surface area contributed by atoms with Crippen molar-refractivity contribution in [2.45, 2.75) is 13.8 Å². The summed E-state index contributed by atoms with van der Waals surface area (Å²) in [6.07, 6.45) is 0. The molecule has 0 saturated carbocycles. The number of benzene rings is 3. The van der Waals surface area contributed by atoms with Gasteiger partial charge in [0, 0.05) is 16.0 Å². The zero-order chi connectivity index (χ0) is 27.7. The van der Waals surface area contributed by atoms with Crippen LogP contribution in [0.25, 0.3) is 11.1 Å². The molecule has 3 aromatic carbocycles. The molecule has 1 aliphatic heterocycles. The van der Waals surface area contributed by atoms with Gasteiger partial charge in [0.1, 0.15) is 16.3 Å². The van der Waals surface area contributed by atoms with Gasteiger partial charge in [-0.2, -0.15) is 0 Å². The summed E-state index contributed by atoms with van der Waals surface area (Å²) in [6.45, 7) is 4.31. The Morgan fingerprint density at radius 2 is 1.51 bits per heavy atom. The largest absolute Gasteiger partial charge is 0.494 e. The minimum absolute atomic E-state index is 0.264. The number of nitrogens with one attached hydrogen (secondary N) is 1. The van der Waals surface area contributed by atoms with Crippen molar-refractivity contribution in [3.8, 4) is 16.9 Å². The third kappa shape index (κ3) is 4.68. The van der Waals surface area contributed by atoms with Crippen LogP contribution in [0.5, 0.6) is 5.75 Å². The lowest BCUT2D eigenvalue weighted by atomic mass is 10.0. The zero-order valence-corrected chi connectivity index (χ0v) is 22.3. The van der Waals surface area contributed by atoms with Crippen LogP contribution < -0.4 is 15.0 Å². The van der Waals surface area contributed by atoms with Crippen LogP contribution in [0.3, 0.4) is 0 Å². The maximum Gasteiger partial charge on any atom is 0.341 e. The number of hydrogen-bond donors (Lipinski definition) is 1. The molecule has 4 aromatic rings. The van der Waals surface area contributed by atoms with Crippen molar-refractivity contribution >= 4 is 45.7 Å². The molecule has 0 radical (unpaired) electrons. The van der Waals surface area contributed by atoms with Gasteiger partial charge in [0.2, 0.25) is 0 Å². The van der Waals surface area contributed by atoms with Crippen molar-refractivity contribution < 1.29 is 28.7 Å². The number of ether oxygens (including phenoxy) is 2. The molecule has 1 aliphatic rings. The summed E-state index contributed by atoms with van der Waals surface area (Å²) in [4.78, 5) is 53.5. The fourth-order valence-electron chi connectivity index (χ4n) is 4.52. The molecule has 1 aromatic heterocycles. The lowest BCUT2D eigenvalue weighted by molar-refractivity contribution is 0.0603. The van der Waals surface area contributed by atoms with Crippen LogP contribution in [0, 0.1) is 6.92 Å². The van der Waals surface area contributed by atoms with E-state index in [4.69, 9.17) is 9.47 Å². The highest BCUT2D eigenvalue weighted by Gasteiger charge is 2.36. The zero-order valence-electron chi connectivity index (χ0n) is 21.4. The number of nitrogens with zero attached hydrogens (tertiary/aromatic N) is 1. The third-order valence-corrected chi connectivity index (χ3v) is 7.36. The van der Waals surface area contributed by atoms with Gasteiger partial charge in [-0.1, -0.05) is 24.3 Å². The van der Waals surface area contributed by atoms with E-state index in [0.29, 0.717) is 45.3 Å². The van der Waals surface area contributed by atoms with Gasteiger partial charge in [-0.15, -0.1) is 11.3 Å². The summed E-state index contributed by atoms with van der Waals surface area (Å²) in [5.74, 6) is -1.13. The summed E-state index contributed by atoms with van der Waals surface area (Å²) >= 11 is 1.27. The number of imide groups is 1. The summed E-state index contributed by atoms with van der Waals surface area (Å²) in [5, 5.41) is 3.19. The van der Waals surface area contributed by atoms with Crippen LogP contribution in [0.15, 0.2) is 72.8 Å². The lowest BCUT2D eigenvalue weighted by Gasteiger charge is -2.14. The van der Waals surface area contributed by atoms with E-state index in [2.05, 4.69) is 5.32 Å². The molecule has 5 rings (SSSR count). The predicted octanol–water partition coefficient (Wildman–Crippen LogP) is 5.96. The number of thiophene rings is 1. The molecule has 0 fully saturated rings. The van der Waals surface area contributed by atoms with Crippen LogP contribution in [-0.2, 0) is 4.74 Å². The first kappa shape index (κ1) is 25.9. The molecule has 0 bridgehead atoms. The second kappa shape index (κ2) is 10.5. The summed E-state index contributed by atoms with van der Waals surface area (Å²) in [7, 11) is 1.29. The van der Waals surface area contributed by atoms with Gasteiger partial charge in [-0.05, 0) is 67.9 Å². The number of rotatable bonds is 7. The van der Waals surface area contributed by atoms with E-state index in [-0.39, 0.29) is 5.56 Å². The molecule has 0 unspecified atom stereocenters. The van der Waals surface area contributed by atoms with Crippen LogP contribution in [0.2, 0.25) is 0 Å². The minimum Gasteiger partial charge on any atom is -0.494 e. The van der Waals surface area contributed by atoms with E-state index >= 15 is 0 Å². The second-order valence-corrected chi connectivity index (χ2v) is 9.90. The monoisotopic (exact) mass is 540 g/mol. The Hall–Kier alpha value is -4.76. The van der Waals surface area contributed by atoms with Gasteiger partial charge < -0.3 is 14.8 Å². The lowest BCUT2D eigenvalue weighted by Crippen LogP contribution is -2.29. The quantitative estimate of drug-likeness (QED) is 0.229. The van der Waals surface area contributed by atoms with E-state index in [1.807, 2.05) is 38.1 Å². The highest BCUT2D eigenvalue weighted by molar-refractivity contribution is 7.17. The minimum atomic E-state index is -0.570. The van der Waals surface area contributed by atoms with Crippen LogP contribution in [0.4, 0.5) is 10.7 Å². The average molecular weight is 541 g/mol. The molecule has 8 nitrogen and oxygen atoms in total. The topological polar surface area (TPSA) is 102 Å². The van der Waals surface area contributed by atoms with Crippen molar-refractivity contribution in [1.29, 1.82) is 0 Å². The first-order chi connectivity index (χ1) is 18.8. The fraction of sp³-hybridized carbons (Fsp3) is 0.133. The van der Waals surface area contributed by atoms with Gasteiger partial charge in [0.05, 0.1) is 30.5 Å². The number of hydrogen-bond acceptors (Lipinski definition) is 7.